The molecule has 4 heteroatoms. The van der Waals surface area contributed by atoms with E-state index in [1.54, 1.807) is 6.20 Å². The van der Waals surface area contributed by atoms with Gasteiger partial charge < -0.3 is 16.0 Å². The van der Waals surface area contributed by atoms with Crippen molar-refractivity contribution in [1.29, 1.82) is 0 Å². The van der Waals surface area contributed by atoms with Crippen LogP contribution >= 0.6 is 0 Å². The third kappa shape index (κ3) is 2.78. The van der Waals surface area contributed by atoms with Gasteiger partial charge in [0.1, 0.15) is 0 Å². The average Bonchev–Trinajstić information content (AvgIpc) is 2.78. The highest BCUT2D eigenvalue weighted by Gasteiger charge is 2.04. The number of hydrogen-bond acceptors (Lipinski definition) is 3. The van der Waals surface area contributed by atoms with E-state index in [1.165, 1.54) is 0 Å². The second-order valence-electron chi connectivity index (χ2n) is 4.31. The molecule has 90 valence electrons. The van der Waals surface area contributed by atoms with E-state index in [-0.39, 0.29) is 0 Å². The predicted molar refractivity (Wildman–Crippen MR) is 70.6 cm³/mol. The Morgan fingerprint density at radius 2 is 2.12 bits per heavy atom. The molecule has 0 bridgehead atoms. The highest BCUT2D eigenvalue weighted by molar-refractivity contribution is 5.60. The Morgan fingerprint density at radius 1 is 1.29 bits per heavy atom. The Bertz CT molecular complexity index is 488. The molecular weight excluding hydrogens is 212 g/mol. The van der Waals surface area contributed by atoms with E-state index in [9.17, 15) is 0 Å². The molecule has 1 aromatic heterocycles. The number of nitrogen functional groups attached to an aromatic ring is 2. The fraction of sp³-hybridized carbons (Fsp3) is 0.308. The Morgan fingerprint density at radius 3 is 2.82 bits per heavy atom. The van der Waals surface area contributed by atoms with Crippen molar-refractivity contribution in [2.75, 3.05) is 11.5 Å². The van der Waals surface area contributed by atoms with Crippen LogP contribution in [-0.4, -0.2) is 9.55 Å². The minimum Gasteiger partial charge on any atom is -0.399 e. The Labute approximate surface area is 101 Å². The van der Waals surface area contributed by atoms with Crippen LogP contribution in [0.15, 0.2) is 30.9 Å². The minimum atomic E-state index is 0.786. The molecule has 0 amide bonds. The summed E-state index contributed by atoms with van der Waals surface area (Å²) in [6.07, 6.45) is 7.56. The maximum atomic E-state index is 6.04. The van der Waals surface area contributed by atoms with Gasteiger partial charge in [-0.25, -0.2) is 4.98 Å². The van der Waals surface area contributed by atoms with Gasteiger partial charge in [0, 0.05) is 30.3 Å². The van der Waals surface area contributed by atoms with Crippen LogP contribution in [0.4, 0.5) is 11.4 Å². The molecule has 0 saturated carbocycles. The summed E-state index contributed by atoms with van der Waals surface area (Å²) in [6.45, 7) is 2.94. The van der Waals surface area contributed by atoms with Crippen molar-refractivity contribution >= 4 is 11.4 Å². The molecule has 0 aliphatic rings. The number of nitrogens with two attached hydrogens (primary N) is 2. The van der Waals surface area contributed by atoms with Gasteiger partial charge >= 0.3 is 0 Å². The average molecular weight is 230 g/mol. The molecule has 1 aromatic carbocycles. The van der Waals surface area contributed by atoms with E-state index in [1.807, 2.05) is 31.6 Å². The van der Waals surface area contributed by atoms with E-state index in [0.717, 1.165) is 41.9 Å². The van der Waals surface area contributed by atoms with Gasteiger partial charge in [-0.15, -0.1) is 0 Å². The van der Waals surface area contributed by atoms with E-state index in [4.69, 9.17) is 11.5 Å². The quantitative estimate of drug-likeness (QED) is 0.789. The van der Waals surface area contributed by atoms with Gasteiger partial charge in [0.05, 0.1) is 6.33 Å². The molecule has 1 heterocycles. The second-order valence-corrected chi connectivity index (χ2v) is 4.31. The van der Waals surface area contributed by atoms with Crippen LogP contribution < -0.4 is 11.5 Å². The van der Waals surface area contributed by atoms with Gasteiger partial charge in [0.2, 0.25) is 0 Å². The molecular formula is C13H18N4. The van der Waals surface area contributed by atoms with Crippen molar-refractivity contribution in [3.8, 4) is 0 Å². The minimum absolute atomic E-state index is 0.786. The topological polar surface area (TPSA) is 69.9 Å². The number of anilines is 2. The lowest BCUT2D eigenvalue weighted by Gasteiger charge is -2.10. The first-order chi connectivity index (χ1) is 8.16. The van der Waals surface area contributed by atoms with Gasteiger partial charge in [-0.1, -0.05) is 0 Å². The number of benzene rings is 1. The molecule has 17 heavy (non-hydrogen) atoms. The maximum Gasteiger partial charge on any atom is 0.0945 e. The van der Waals surface area contributed by atoms with Crippen LogP contribution in [0, 0.1) is 6.92 Å². The number of aromatic nitrogens is 2. The molecule has 0 spiro atoms. The number of nitrogens with zero attached hydrogens (tertiary/aromatic N) is 2. The zero-order valence-electron chi connectivity index (χ0n) is 10.1. The molecule has 0 aliphatic carbocycles. The largest absolute Gasteiger partial charge is 0.399 e. The summed E-state index contributed by atoms with van der Waals surface area (Å²) in [5.41, 5.74) is 15.7. The Hall–Kier alpha value is -1.97. The highest BCUT2D eigenvalue weighted by Crippen LogP contribution is 2.22. The van der Waals surface area contributed by atoms with E-state index < -0.39 is 0 Å². The fourth-order valence-corrected chi connectivity index (χ4v) is 1.98. The van der Waals surface area contributed by atoms with Crippen LogP contribution in [0.1, 0.15) is 17.5 Å². The summed E-state index contributed by atoms with van der Waals surface area (Å²) in [7, 11) is 0. The smallest absolute Gasteiger partial charge is 0.0945 e. The maximum absolute atomic E-state index is 6.04. The van der Waals surface area contributed by atoms with Crippen LogP contribution in [0.2, 0.25) is 0 Å². The summed E-state index contributed by atoms with van der Waals surface area (Å²) in [5, 5.41) is 0. The van der Waals surface area contributed by atoms with Gasteiger partial charge in [-0.2, -0.15) is 0 Å². The van der Waals surface area contributed by atoms with Crippen LogP contribution in [0.5, 0.6) is 0 Å². The summed E-state index contributed by atoms with van der Waals surface area (Å²) < 4.78 is 2.06. The van der Waals surface area contributed by atoms with Crippen molar-refractivity contribution in [3.05, 3.63) is 42.0 Å². The van der Waals surface area contributed by atoms with Crippen molar-refractivity contribution in [2.45, 2.75) is 26.3 Å². The van der Waals surface area contributed by atoms with E-state index in [0.29, 0.717) is 0 Å². The van der Waals surface area contributed by atoms with Crippen molar-refractivity contribution in [2.24, 2.45) is 0 Å². The van der Waals surface area contributed by atoms with Crippen molar-refractivity contribution in [1.82, 2.24) is 9.55 Å². The zero-order valence-corrected chi connectivity index (χ0v) is 10.1. The fourth-order valence-electron chi connectivity index (χ4n) is 1.98. The second kappa shape index (κ2) is 4.91. The standard InChI is InChI=1S/C13H18N4/c1-10-7-12(14)8-11(13(10)15)3-2-5-17-6-4-16-9-17/h4,6-9H,2-3,5,14-15H2,1H3. The van der Waals surface area contributed by atoms with E-state index >= 15 is 0 Å². The van der Waals surface area contributed by atoms with Crippen molar-refractivity contribution < 1.29 is 0 Å². The van der Waals surface area contributed by atoms with Crippen molar-refractivity contribution in [3.63, 3.8) is 0 Å². The predicted octanol–water partition coefficient (Wildman–Crippen LogP) is 1.99. The molecule has 2 rings (SSSR count). The number of rotatable bonds is 4. The van der Waals surface area contributed by atoms with E-state index in [2.05, 4.69) is 9.55 Å². The molecule has 0 aliphatic heterocycles. The molecule has 0 atom stereocenters. The lowest BCUT2D eigenvalue weighted by Crippen LogP contribution is -2.02. The lowest BCUT2D eigenvalue weighted by atomic mass is 10.0. The molecule has 0 saturated heterocycles. The molecule has 0 unspecified atom stereocenters. The molecule has 2 aromatic rings. The van der Waals surface area contributed by atoms with Gasteiger partial charge in [0.25, 0.3) is 0 Å². The highest BCUT2D eigenvalue weighted by atomic mass is 15.0. The third-order valence-corrected chi connectivity index (χ3v) is 2.92. The van der Waals surface area contributed by atoms with Gasteiger partial charge in [0.15, 0.2) is 0 Å². The number of hydrogen-bond donors (Lipinski definition) is 2. The molecule has 4 N–H and O–H groups in total. The van der Waals surface area contributed by atoms with Crippen LogP contribution in [0.3, 0.4) is 0 Å². The Balaban J connectivity index is 1.99. The third-order valence-electron chi connectivity index (χ3n) is 2.92. The van der Waals surface area contributed by atoms with Crippen LogP contribution in [-0.2, 0) is 13.0 Å². The molecule has 0 fully saturated rings. The first kappa shape index (κ1) is 11.5. The normalized spacial score (nSPS) is 10.6. The van der Waals surface area contributed by atoms with Crippen LogP contribution in [0.25, 0.3) is 0 Å². The summed E-state index contributed by atoms with van der Waals surface area (Å²) >= 11 is 0. The monoisotopic (exact) mass is 230 g/mol. The zero-order chi connectivity index (χ0) is 12.3. The molecule has 4 nitrogen and oxygen atoms in total. The van der Waals surface area contributed by atoms with Gasteiger partial charge in [-0.3, -0.25) is 0 Å². The summed E-state index contributed by atoms with van der Waals surface area (Å²) in [5.74, 6) is 0. The lowest BCUT2D eigenvalue weighted by molar-refractivity contribution is 0.642. The van der Waals surface area contributed by atoms with Gasteiger partial charge in [-0.05, 0) is 43.0 Å². The first-order valence-corrected chi connectivity index (χ1v) is 5.77. The molecule has 0 radical (unpaired) electrons. The Kier molecular flexibility index (Phi) is 3.32. The number of imidazole rings is 1. The SMILES string of the molecule is Cc1cc(N)cc(CCCn2ccnc2)c1N. The summed E-state index contributed by atoms with van der Waals surface area (Å²) in [4.78, 5) is 4.01. The first-order valence-electron chi connectivity index (χ1n) is 5.77. The summed E-state index contributed by atoms with van der Waals surface area (Å²) in [6, 6.07) is 3.88. The number of aryl methyl sites for hydroxylation is 3.